The third-order valence-electron chi connectivity index (χ3n) is 4.05. The summed E-state index contributed by atoms with van der Waals surface area (Å²) < 4.78 is 34.1. The molecule has 0 saturated carbocycles. The van der Waals surface area contributed by atoms with E-state index in [1.165, 1.54) is 0 Å². The van der Waals surface area contributed by atoms with E-state index in [1.54, 1.807) is 60.4 Å². The van der Waals surface area contributed by atoms with Crippen LogP contribution in [0.15, 0.2) is 67.0 Å². The lowest BCUT2D eigenvalue weighted by molar-refractivity contribution is 0.102. The zero-order chi connectivity index (χ0) is 21.1. The lowest BCUT2D eigenvalue weighted by Gasteiger charge is -2.09. The number of carbonyl (C=O) groups excluding carboxylic acids is 1. The van der Waals surface area contributed by atoms with Crippen LogP contribution in [0.1, 0.15) is 16.2 Å². The van der Waals surface area contributed by atoms with Gasteiger partial charge in [-0.25, -0.2) is 18.4 Å². The Balaban J connectivity index is 1.47. The van der Waals surface area contributed by atoms with Crippen LogP contribution in [0.2, 0.25) is 0 Å². The van der Waals surface area contributed by atoms with Crippen molar-refractivity contribution in [2.45, 2.75) is 6.92 Å². The SMILES string of the molecule is Cc1nc(Oc2ccc(NC(=O)c3ccc(F)cc3F)cc2)cc(-n2cccn2)n1. The molecule has 4 aromatic rings. The second kappa shape index (κ2) is 8.08. The van der Waals surface area contributed by atoms with E-state index in [0.717, 1.165) is 12.1 Å². The Morgan fingerprint density at radius 2 is 1.87 bits per heavy atom. The first-order chi connectivity index (χ1) is 14.5. The van der Waals surface area contributed by atoms with Gasteiger partial charge in [0.1, 0.15) is 23.2 Å². The first-order valence-electron chi connectivity index (χ1n) is 8.88. The van der Waals surface area contributed by atoms with Crippen LogP contribution < -0.4 is 10.1 Å². The van der Waals surface area contributed by atoms with Crippen molar-refractivity contribution in [3.05, 3.63) is 90.0 Å². The van der Waals surface area contributed by atoms with Gasteiger partial charge >= 0.3 is 0 Å². The molecule has 0 unspecified atom stereocenters. The number of benzene rings is 2. The van der Waals surface area contributed by atoms with Gasteiger partial charge in [0.25, 0.3) is 5.91 Å². The van der Waals surface area contributed by atoms with E-state index in [0.29, 0.717) is 35.0 Å². The quantitative estimate of drug-likeness (QED) is 0.534. The predicted molar refractivity (Wildman–Crippen MR) is 105 cm³/mol. The standard InChI is InChI=1S/C21H15F2N5O2/c1-13-25-19(28-10-2-9-24-28)12-20(26-13)30-16-6-4-15(5-7-16)27-21(29)17-8-3-14(22)11-18(17)23/h2-12H,1H3,(H,27,29). The number of hydrogen-bond acceptors (Lipinski definition) is 5. The van der Waals surface area contributed by atoms with Crippen molar-refractivity contribution in [2.75, 3.05) is 5.32 Å². The second-order valence-electron chi connectivity index (χ2n) is 6.27. The molecular formula is C21H15F2N5O2. The highest BCUT2D eigenvalue weighted by Gasteiger charge is 2.13. The van der Waals surface area contributed by atoms with E-state index in [2.05, 4.69) is 20.4 Å². The lowest BCUT2D eigenvalue weighted by Crippen LogP contribution is -2.13. The number of ether oxygens (including phenoxy) is 1. The minimum Gasteiger partial charge on any atom is -0.439 e. The van der Waals surface area contributed by atoms with Crippen LogP contribution in [0.5, 0.6) is 11.6 Å². The van der Waals surface area contributed by atoms with E-state index >= 15 is 0 Å². The van der Waals surface area contributed by atoms with Crippen molar-refractivity contribution in [1.82, 2.24) is 19.7 Å². The number of anilines is 1. The van der Waals surface area contributed by atoms with Gasteiger partial charge < -0.3 is 10.1 Å². The summed E-state index contributed by atoms with van der Waals surface area (Å²) in [5.41, 5.74) is 0.173. The fourth-order valence-electron chi connectivity index (χ4n) is 2.70. The highest BCUT2D eigenvalue weighted by molar-refractivity contribution is 6.04. The molecule has 150 valence electrons. The highest BCUT2D eigenvalue weighted by atomic mass is 19.1. The summed E-state index contributed by atoms with van der Waals surface area (Å²) in [5, 5.41) is 6.69. The van der Waals surface area contributed by atoms with Crippen LogP contribution in [0.3, 0.4) is 0 Å². The number of rotatable bonds is 5. The van der Waals surface area contributed by atoms with E-state index in [9.17, 15) is 13.6 Å². The molecule has 0 fully saturated rings. The average Bonchev–Trinajstić information content (AvgIpc) is 3.24. The summed E-state index contributed by atoms with van der Waals surface area (Å²) >= 11 is 0. The van der Waals surface area contributed by atoms with Gasteiger partial charge in [-0.1, -0.05) is 0 Å². The maximum atomic E-state index is 13.7. The molecule has 0 saturated heterocycles. The number of hydrogen-bond donors (Lipinski definition) is 1. The third kappa shape index (κ3) is 4.30. The molecule has 2 heterocycles. The van der Waals surface area contributed by atoms with Gasteiger partial charge in [0.05, 0.1) is 5.56 Å². The number of carbonyl (C=O) groups is 1. The molecule has 4 rings (SSSR count). The Bertz CT molecular complexity index is 1190. The van der Waals surface area contributed by atoms with Gasteiger partial charge in [-0.3, -0.25) is 4.79 Å². The molecule has 0 radical (unpaired) electrons. The maximum Gasteiger partial charge on any atom is 0.258 e. The number of nitrogens with zero attached hydrogens (tertiary/aromatic N) is 4. The van der Waals surface area contributed by atoms with Crippen LogP contribution in [0.25, 0.3) is 5.82 Å². The van der Waals surface area contributed by atoms with Crippen molar-refractivity contribution in [3.8, 4) is 17.4 Å². The minimum absolute atomic E-state index is 0.251. The fourth-order valence-corrected chi connectivity index (χ4v) is 2.70. The number of halogens is 2. The highest BCUT2D eigenvalue weighted by Crippen LogP contribution is 2.23. The fraction of sp³-hybridized carbons (Fsp3) is 0.0476. The Hall–Kier alpha value is -4.14. The van der Waals surface area contributed by atoms with Gasteiger partial charge in [0, 0.05) is 30.2 Å². The molecule has 0 atom stereocenters. The molecule has 7 nitrogen and oxygen atoms in total. The zero-order valence-electron chi connectivity index (χ0n) is 15.7. The van der Waals surface area contributed by atoms with Gasteiger partial charge in [-0.15, -0.1) is 0 Å². The Labute approximate surface area is 170 Å². The van der Waals surface area contributed by atoms with Crippen molar-refractivity contribution in [2.24, 2.45) is 0 Å². The van der Waals surface area contributed by atoms with Crippen LogP contribution in [-0.2, 0) is 0 Å². The number of nitrogens with one attached hydrogen (secondary N) is 1. The largest absolute Gasteiger partial charge is 0.439 e. The van der Waals surface area contributed by atoms with Crippen LogP contribution in [0.4, 0.5) is 14.5 Å². The molecule has 1 amide bonds. The Morgan fingerprint density at radius 1 is 1.07 bits per heavy atom. The van der Waals surface area contributed by atoms with Gasteiger partial charge in [-0.05, 0) is 49.4 Å². The summed E-state index contributed by atoms with van der Waals surface area (Å²) in [4.78, 5) is 20.7. The summed E-state index contributed by atoms with van der Waals surface area (Å²) in [5.74, 6) is -0.475. The molecule has 0 spiro atoms. The number of aryl methyl sites for hydroxylation is 1. The monoisotopic (exact) mass is 407 g/mol. The molecule has 0 aliphatic rings. The molecule has 1 N–H and O–H groups in total. The zero-order valence-corrected chi connectivity index (χ0v) is 15.7. The van der Waals surface area contributed by atoms with Crippen LogP contribution in [0, 0.1) is 18.6 Å². The van der Waals surface area contributed by atoms with E-state index < -0.39 is 17.5 Å². The summed E-state index contributed by atoms with van der Waals surface area (Å²) in [6, 6.07) is 12.6. The van der Waals surface area contributed by atoms with Crippen molar-refractivity contribution in [1.29, 1.82) is 0 Å². The number of amides is 1. The molecular weight excluding hydrogens is 392 g/mol. The maximum absolute atomic E-state index is 13.7. The van der Waals surface area contributed by atoms with Gasteiger partial charge in [0.2, 0.25) is 5.88 Å². The number of aromatic nitrogens is 4. The lowest BCUT2D eigenvalue weighted by atomic mass is 10.2. The molecule has 9 heteroatoms. The Morgan fingerprint density at radius 3 is 2.57 bits per heavy atom. The predicted octanol–water partition coefficient (Wildman–Crippen LogP) is 4.29. The topological polar surface area (TPSA) is 81.9 Å². The first kappa shape index (κ1) is 19.2. The summed E-state index contributed by atoms with van der Waals surface area (Å²) in [7, 11) is 0. The normalized spacial score (nSPS) is 10.6. The van der Waals surface area contributed by atoms with E-state index in [1.807, 2.05) is 0 Å². The van der Waals surface area contributed by atoms with Crippen molar-refractivity contribution in [3.63, 3.8) is 0 Å². The van der Waals surface area contributed by atoms with Gasteiger partial charge in [-0.2, -0.15) is 10.1 Å². The van der Waals surface area contributed by atoms with E-state index in [4.69, 9.17) is 4.74 Å². The van der Waals surface area contributed by atoms with E-state index in [-0.39, 0.29) is 5.56 Å². The minimum atomic E-state index is -0.931. The molecule has 30 heavy (non-hydrogen) atoms. The molecule has 2 aromatic carbocycles. The molecule has 2 aromatic heterocycles. The summed E-state index contributed by atoms with van der Waals surface area (Å²) in [6.45, 7) is 1.74. The van der Waals surface area contributed by atoms with Crippen molar-refractivity contribution < 1.29 is 18.3 Å². The van der Waals surface area contributed by atoms with Crippen LogP contribution >= 0.6 is 0 Å². The first-order valence-corrected chi connectivity index (χ1v) is 8.88. The Kier molecular flexibility index (Phi) is 5.17. The molecule has 0 aliphatic heterocycles. The average molecular weight is 407 g/mol. The summed E-state index contributed by atoms with van der Waals surface area (Å²) in [6.07, 6.45) is 3.40. The van der Waals surface area contributed by atoms with Gasteiger partial charge in [0.15, 0.2) is 5.82 Å². The van der Waals surface area contributed by atoms with Crippen LogP contribution in [-0.4, -0.2) is 25.7 Å². The molecule has 0 aliphatic carbocycles. The smallest absolute Gasteiger partial charge is 0.258 e. The molecule has 0 bridgehead atoms. The second-order valence-corrected chi connectivity index (χ2v) is 6.27. The van der Waals surface area contributed by atoms with Crippen molar-refractivity contribution >= 4 is 11.6 Å². The third-order valence-corrected chi connectivity index (χ3v) is 4.05.